The predicted molar refractivity (Wildman–Crippen MR) is 145 cm³/mol. The van der Waals surface area contributed by atoms with Crippen molar-refractivity contribution in [1.29, 1.82) is 0 Å². The second kappa shape index (κ2) is 10.6. The number of nitrogens with one attached hydrogen (secondary N) is 4. The smallest absolute Gasteiger partial charge is 0.300 e. The molecule has 1 saturated carbocycles. The van der Waals surface area contributed by atoms with Crippen LogP contribution >= 0.6 is 22.6 Å². The highest BCUT2D eigenvalue weighted by molar-refractivity contribution is 14.1. The van der Waals surface area contributed by atoms with Gasteiger partial charge < -0.3 is 15.4 Å². The number of hydrogen-bond acceptors (Lipinski definition) is 7. The summed E-state index contributed by atoms with van der Waals surface area (Å²) in [7, 11) is -1.14. The fourth-order valence-corrected chi connectivity index (χ4v) is 4.37. The van der Waals surface area contributed by atoms with Crippen LogP contribution in [0.3, 0.4) is 0 Å². The third-order valence-electron chi connectivity index (χ3n) is 5.53. The van der Waals surface area contributed by atoms with Crippen molar-refractivity contribution < 1.29 is 22.3 Å². The highest BCUT2D eigenvalue weighted by Crippen LogP contribution is 2.35. The summed E-state index contributed by atoms with van der Waals surface area (Å²) in [5.74, 6) is -1.26. The Labute approximate surface area is 226 Å². The van der Waals surface area contributed by atoms with Gasteiger partial charge in [0.1, 0.15) is 23.0 Å². The Morgan fingerprint density at radius 1 is 1.24 bits per heavy atom. The van der Waals surface area contributed by atoms with Crippen LogP contribution in [-0.2, 0) is 17.3 Å². The maximum Gasteiger partial charge on any atom is 0.300 e. The van der Waals surface area contributed by atoms with Crippen LogP contribution in [0.5, 0.6) is 11.6 Å². The van der Waals surface area contributed by atoms with Gasteiger partial charge in [0.05, 0.1) is 11.3 Å². The molecule has 0 atom stereocenters. The Morgan fingerprint density at radius 3 is 2.62 bits per heavy atom. The molecule has 14 heteroatoms. The Hall–Kier alpha value is -3.24. The Kier molecular flexibility index (Phi) is 7.70. The zero-order chi connectivity index (χ0) is 26.9. The van der Waals surface area contributed by atoms with E-state index >= 15 is 0 Å². The van der Waals surface area contributed by atoms with Crippen molar-refractivity contribution in [3.8, 4) is 11.6 Å². The molecule has 4 rings (SSSR count). The first-order valence-corrected chi connectivity index (χ1v) is 13.7. The molecule has 4 N–H and O–H groups in total. The second-order valence-corrected chi connectivity index (χ2v) is 11.2. The summed E-state index contributed by atoms with van der Waals surface area (Å²) in [6.07, 6.45) is 1.63. The standard InChI is InChI=1S/C23H24FIN6O5S/c1-12-20(36-18-6-4-5-17(29-18)30-37(34,35)26-2)19(22(32)27-14-8-9-14)21(31(3)23(12)33)28-16-10-7-13(25)11-15(16)24/h4-7,10-11,14,26,28H,8-9H2,1-3H3,(H,27,32)(H,29,30). The molecular weight excluding hydrogens is 618 g/mol. The van der Waals surface area contributed by atoms with Gasteiger partial charge in [0, 0.05) is 29.8 Å². The first-order chi connectivity index (χ1) is 17.5. The van der Waals surface area contributed by atoms with E-state index < -0.39 is 27.5 Å². The van der Waals surface area contributed by atoms with Crippen molar-refractivity contribution in [2.45, 2.75) is 25.8 Å². The summed E-state index contributed by atoms with van der Waals surface area (Å²) >= 11 is 1.98. The van der Waals surface area contributed by atoms with Crippen LogP contribution in [0, 0.1) is 16.3 Å². The van der Waals surface area contributed by atoms with Gasteiger partial charge in [-0.25, -0.2) is 9.11 Å². The van der Waals surface area contributed by atoms with Gasteiger partial charge in [-0.3, -0.25) is 18.9 Å². The van der Waals surface area contributed by atoms with E-state index in [0.717, 1.165) is 12.8 Å². The number of nitrogens with zero attached hydrogens (tertiary/aromatic N) is 2. The average Bonchev–Trinajstić information content (AvgIpc) is 3.66. The molecule has 0 bridgehead atoms. The van der Waals surface area contributed by atoms with Crippen LogP contribution in [-0.4, -0.2) is 37.0 Å². The molecule has 0 saturated heterocycles. The van der Waals surface area contributed by atoms with Gasteiger partial charge in [0.15, 0.2) is 5.75 Å². The van der Waals surface area contributed by atoms with Crippen molar-refractivity contribution in [3.63, 3.8) is 0 Å². The minimum absolute atomic E-state index is 0.0156. The third kappa shape index (κ3) is 6.19. The van der Waals surface area contributed by atoms with Crippen molar-refractivity contribution in [2.24, 2.45) is 7.05 Å². The topological polar surface area (TPSA) is 143 Å². The molecule has 11 nitrogen and oxygen atoms in total. The second-order valence-electron chi connectivity index (χ2n) is 8.31. The van der Waals surface area contributed by atoms with E-state index in [9.17, 15) is 22.4 Å². The van der Waals surface area contributed by atoms with Gasteiger partial charge in [-0.2, -0.15) is 13.4 Å². The quantitative estimate of drug-likeness (QED) is 0.263. The molecule has 1 fully saturated rings. The molecule has 1 aromatic carbocycles. The lowest BCUT2D eigenvalue weighted by Gasteiger charge is -2.21. The molecule has 1 amide bonds. The highest BCUT2D eigenvalue weighted by atomic mass is 127. The van der Waals surface area contributed by atoms with Crippen LogP contribution in [0.1, 0.15) is 28.8 Å². The number of hydrogen-bond donors (Lipinski definition) is 4. The molecule has 0 spiro atoms. The lowest BCUT2D eigenvalue weighted by molar-refractivity contribution is 0.0948. The van der Waals surface area contributed by atoms with E-state index in [0.29, 0.717) is 3.57 Å². The number of ether oxygens (including phenoxy) is 1. The van der Waals surface area contributed by atoms with E-state index in [4.69, 9.17) is 4.74 Å². The Balaban J connectivity index is 1.83. The zero-order valence-corrected chi connectivity index (χ0v) is 23.0. The molecule has 3 aromatic rings. The summed E-state index contributed by atoms with van der Waals surface area (Å²) in [6.45, 7) is 1.49. The average molecular weight is 642 g/mol. The highest BCUT2D eigenvalue weighted by Gasteiger charge is 2.31. The molecule has 196 valence electrons. The summed E-state index contributed by atoms with van der Waals surface area (Å²) in [5, 5.41) is 5.76. The largest absolute Gasteiger partial charge is 0.437 e. The minimum Gasteiger partial charge on any atom is -0.437 e. The van der Waals surface area contributed by atoms with Gasteiger partial charge in [-0.05, 0) is 66.6 Å². The van der Waals surface area contributed by atoms with Crippen LogP contribution in [0.4, 0.5) is 21.7 Å². The number of carbonyl (C=O) groups is 1. The van der Waals surface area contributed by atoms with Gasteiger partial charge in [-0.1, -0.05) is 6.07 Å². The lowest BCUT2D eigenvalue weighted by Crippen LogP contribution is -2.31. The minimum atomic E-state index is -3.84. The van der Waals surface area contributed by atoms with E-state index in [1.165, 1.54) is 55.9 Å². The molecular formula is C23H24FIN6O5S. The molecule has 1 aliphatic carbocycles. The molecule has 0 radical (unpaired) electrons. The molecule has 2 heterocycles. The number of pyridine rings is 2. The zero-order valence-electron chi connectivity index (χ0n) is 20.1. The van der Waals surface area contributed by atoms with Gasteiger partial charge >= 0.3 is 0 Å². The van der Waals surface area contributed by atoms with E-state index in [1.54, 1.807) is 6.07 Å². The summed E-state index contributed by atoms with van der Waals surface area (Å²) in [4.78, 5) is 30.7. The van der Waals surface area contributed by atoms with Crippen LogP contribution < -0.4 is 30.4 Å². The fraction of sp³-hybridized carbons (Fsp3) is 0.261. The van der Waals surface area contributed by atoms with Crippen molar-refractivity contribution in [1.82, 2.24) is 19.6 Å². The normalized spacial score (nSPS) is 13.2. The van der Waals surface area contributed by atoms with E-state index in [-0.39, 0.29) is 46.1 Å². The maximum atomic E-state index is 14.7. The number of carbonyl (C=O) groups excluding carboxylic acids is 1. The number of rotatable bonds is 9. The number of halogens is 2. The lowest BCUT2D eigenvalue weighted by atomic mass is 10.1. The van der Waals surface area contributed by atoms with Crippen LogP contribution in [0.2, 0.25) is 0 Å². The molecule has 2 aromatic heterocycles. The third-order valence-corrected chi connectivity index (χ3v) is 7.21. The molecule has 1 aliphatic rings. The summed E-state index contributed by atoms with van der Waals surface area (Å²) < 4.78 is 50.6. The first-order valence-electron chi connectivity index (χ1n) is 11.1. The Bertz CT molecular complexity index is 1540. The summed E-state index contributed by atoms with van der Waals surface area (Å²) in [6, 6.07) is 8.84. The monoisotopic (exact) mass is 642 g/mol. The maximum absolute atomic E-state index is 14.7. The van der Waals surface area contributed by atoms with Gasteiger partial charge in [0.2, 0.25) is 5.88 Å². The van der Waals surface area contributed by atoms with Crippen LogP contribution in [0.25, 0.3) is 0 Å². The number of benzene rings is 1. The molecule has 37 heavy (non-hydrogen) atoms. The number of anilines is 3. The Morgan fingerprint density at radius 2 is 1.97 bits per heavy atom. The first kappa shape index (κ1) is 26.8. The van der Waals surface area contributed by atoms with Gasteiger partial charge in [-0.15, -0.1) is 0 Å². The van der Waals surface area contributed by atoms with E-state index in [2.05, 4.69) is 25.1 Å². The molecule has 0 unspecified atom stereocenters. The van der Waals surface area contributed by atoms with Crippen molar-refractivity contribution in [3.05, 3.63) is 67.3 Å². The molecule has 0 aliphatic heterocycles. The van der Waals surface area contributed by atoms with Crippen molar-refractivity contribution in [2.75, 3.05) is 17.1 Å². The fourth-order valence-electron chi connectivity index (χ4n) is 3.42. The summed E-state index contributed by atoms with van der Waals surface area (Å²) in [5.41, 5.74) is -0.335. The number of aromatic nitrogens is 2. The van der Waals surface area contributed by atoms with Gasteiger partial charge in [0.25, 0.3) is 21.7 Å². The van der Waals surface area contributed by atoms with Crippen molar-refractivity contribution >= 4 is 56.0 Å². The number of amides is 1. The predicted octanol–water partition coefficient (Wildman–Crippen LogP) is 3.14. The van der Waals surface area contributed by atoms with E-state index in [1.807, 2.05) is 22.6 Å². The van der Waals surface area contributed by atoms with Crippen LogP contribution in [0.15, 0.2) is 41.2 Å². The SMILES string of the molecule is CNS(=O)(=O)Nc1cccc(Oc2c(C(=O)NC3CC3)c(Nc3ccc(I)cc3F)n(C)c(=O)c2C)n1.